The van der Waals surface area contributed by atoms with Gasteiger partial charge in [-0.1, -0.05) is 17.8 Å². The normalized spacial score (nSPS) is 10.5. The van der Waals surface area contributed by atoms with Crippen LogP contribution < -0.4 is 4.74 Å². The molecule has 8 heteroatoms. The van der Waals surface area contributed by atoms with Crippen LogP contribution in [0.4, 0.5) is 5.69 Å². The first-order chi connectivity index (χ1) is 11.1. The van der Waals surface area contributed by atoms with Crippen LogP contribution in [0.5, 0.6) is 5.75 Å². The second kappa shape index (κ2) is 8.33. The summed E-state index contributed by atoms with van der Waals surface area (Å²) >= 11 is 1.62. The molecule has 2 rings (SSSR count). The van der Waals surface area contributed by atoms with Gasteiger partial charge < -0.3 is 9.30 Å². The molecule has 0 amide bonds. The summed E-state index contributed by atoms with van der Waals surface area (Å²) in [6.45, 7) is 6.88. The number of allylic oxidation sites excluding steroid dienone is 1. The minimum atomic E-state index is -0.429. The first-order valence-electron chi connectivity index (χ1n) is 7.12. The van der Waals surface area contributed by atoms with Crippen LogP contribution in [0.25, 0.3) is 0 Å². The largest absolute Gasteiger partial charge is 0.494 e. The van der Waals surface area contributed by atoms with Crippen LogP contribution in [0.15, 0.2) is 42.1 Å². The monoisotopic (exact) mass is 334 g/mol. The molecule has 1 heterocycles. The highest BCUT2D eigenvalue weighted by Crippen LogP contribution is 2.19. The van der Waals surface area contributed by atoms with E-state index in [2.05, 4.69) is 16.8 Å². The topological polar surface area (TPSA) is 83.1 Å². The van der Waals surface area contributed by atoms with E-state index in [1.54, 1.807) is 23.9 Å². The van der Waals surface area contributed by atoms with Crippen LogP contribution in [0.3, 0.4) is 0 Å². The number of nitro benzene ring substituents is 1. The van der Waals surface area contributed by atoms with Gasteiger partial charge in [0.25, 0.3) is 5.69 Å². The SMILES string of the molecule is C=CCn1c(C)nnc1SCCCOc1ccc([N+](=O)[O-])cc1. The molecule has 23 heavy (non-hydrogen) atoms. The van der Waals surface area contributed by atoms with Crippen LogP contribution in [-0.4, -0.2) is 32.0 Å². The number of nitro groups is 1. The van der Waals surface area contributed by atoms with Gasteiger partial charge in [-0.3, -0.25) is 10.1 Å². The Kier molecular flexibility index (Phi) is 6.16. The molecule has 122 valence electrons. The van der Waals surface area contributed by atoms with Crippen LogP contribution in [0.2, 0.25) is 0 Å². The molecule has 0 atom stereocenters. The molecule has 1 aromatic carbocycles. The van der Waals surface area contributed by atoms with Gasteiger partial charge in [0.1, 0.15) is 11.6 Å². The Balaban J connectivity index is 1.73. The second-order valence-corrected chi connectivity index (χ2v) is 5.79. The Bertz CT molecular complexity index is 670. The summed E-state index contributed by atoms with van der Waals surface area (Å²) in [5.74, 6) is 2.35. The predicted octanol–water partition coefficient (Wildman–Crippen LogP) is 3.24. The fourth-order valence-corrected chi connectivity index (χ4v) is 2.79. The summed E-state index contributed by atoms with van der Waals surface area (Å²) in [6.07, 6.45) is 2.65. The number of nitrogens with zero attached hydrogens (tertiary/aromatic N) is 4. The van der Waals surface area contributed by atoms with E-state index in [9.17, 15) is 10.1 Å². The first kappa shape index (κ1) is 17.0. The molecule has 0 spiro atoms. The third-order valence-electron chi connectivity index (χ3n) is 3.05. The van der Waals surface area contributed by atoms with E-state index in [0.717, 1.165) is 23.2 Å². The summed E-state index contributed by atoms with van der Waals surface area (Å²) in [5.41, 5.74) is 0.0600. The summed E-state index contributed by atoms with van der Waals surface area (Å²) < 4.78 is 7.58. The molecule has 0 saturated carbocycles. The summed E-state index contributed by atoms with van der Waals surface area (Å²) in [5, 5.41) is 19.6. The zero-order chi connectivity index (χ0) is 16.7. The Morgan fingerprint density at radius 1 is 1.39 bits per heavy atom. The van der Waals surface area contributed by atoms with Gasteiger partial charge >= 0.3 is 0 Å². The standard InChI is InChI=1S/C15H18N4O3S/c1-3-9-18-12(2)16-17-15(18)23-11-4-10-22-14-7-5-13(6-8-14)19(20)21/h3,5-8H,1,4,9-11H2,2H3. The van der Waals surface area contributed by atoms with Gasteiger partial charge in [0.2, 0.25) is 0 Å². The Labute approximate surface area is 138 Å². The fraction of sp³-hybridized carbons (Fsp3) is 0.333. The van der Waals surface area contributed by atoms with E-state index in [-0.39, 0.29) is 5.69 Å². The number of hydrogen-bond acceptors (Lipinski definition) is 6. The van der Waals surface area contributed by atoms with Gasteiger partial charge in [0, 0.05) is 24.4 Å². The van der Waals surface area contributed by atoms with Gasteiger partial charge in [-0.25, -0.2) is 0 Å². The van der Waals surface area contributed by atoms with E-state index in [0.29, 0.717) is 18.9 Å². The highest BCUT2D eigenvalue weighted by molar-refractivity contribution is 7.99. The van der Waals surface area contributed by atoms with Crippen LogP contribution in [0, 0.1) is 17.0 Å². The van der Waals surface area contributed by atoms with Crippen molar-refractivity contribution >= 4 is 17.4 Å². The maximum absolute atomic E-state index is 10.6. The number of aromatic nitrogens is 3. The lowest BCUT2D eigenvalue weighted by atomic mass is 10.3. The van der Waals surface area contributed by atoms with E-state index >= 15 is 0 Å². The van der Waals surface area contributed by atoms with Gasteiger partial charge in [0.05, 0.1) is 11.5 Å². The summed E-state index contributed by atoms with van der Waals surface area (Å²) in [6, 6.07) is 6.08. The third-order valence-corrected chi connectivity index (χ3v) is 4.10. The molecular formula is C15H18N4O3S. The van der Waals surface area contributed by atoms with Crippen molar-refractivity contribution in [2.45, 2.75) is 25.0 Å². The smallest absolute Gasteiger partial charge is 0.269 e. The second-order valence-electron chi connectivity index (χ2n) is 4.73. The first-order valence-corrected chi connectivity index (χ1v) is 8.11. The molecule has 1 aromatic heterocycles. The Hall–Kier alpha value is -2.35. The number of ether oxygens (including phenoxy) is 1. The lowest BCUT2D eigenvalue weighted by molar-refractivity contribution is -0.384. The molecule has 0 aliphatic carbocycles. The fourth-order valence-electron chi connectivity index (χ4n) is 1.88. The summed E-state index contributed by atoms with van der Waals surface area (Å²) in [4.78, 5) is 10.1. The molecule has 2 aromatic rings. The zero-order valence-corrected chi connectivity index (χ0v) is 13.7. The minimum Gasteiger partial charge on any atom is -0.494 e. The van der Waals surface area contributed by atoms with Crippen molar-refractivity contribution in [2.75, 3.05) is 12.4 Å². The van der Waals surface area contributed by atoms with Gasteiger partial charge in [0.15, 0.2) is 5.16 Å². The van der Waals surface area contributed by atoms with Crippen molar-refractivity contribution in [3.8, 4) is 5.75 Å². The predicted molar refractivity (Wildman–Crippen MR) is 88.9 cm³/mol. The zero-order valence-electron chi connectivity index (χ0n) is 12.8. The van der Waals surface area contributed by atoms with E-state index in [4.69, 9.17) is 4.74 Å². The molecule has 0 aliphatic rings. The minimum absolute atomic E-state index is 0.0600. The molecule has 0 saturated heterocycles. The molecule has 0 radical (unpaired) electrons. The maximum Gasteiger partial charge on any atom is 0.269 e. The Morgan fingerprint density at radius 3 is 2.78 bits per heavy atom. The molecule has 0 aliphatic heterocycles. The number of hydrogen-bond donors (Lipinski definition) is 0. The number of non-ortho nitro benzene ring substituents is 1. The average Bonchev–Trinajstić information content (AvgIpc) is 2.89. The maximum atomic E-state index is 10.6. The van der Waals surface area contributed by atoms with Crippen molar-refractivity contribution in [2.24, 2.45) is 0 Å². The van der Waals surface area contributed by atoms with Gasteiger partial charge in [-0.05, 0) is 25.5 Å². The number of thioether (sulfide) groups is 1. The number of aryl methyl sites for hydroxylation is 1. The van der Waals surface area contributed by atoms with Gasteiger partial charge in [-0.2, -0.15) is 0 Å². The lowest BCUT2D eigenvalue weighted by Gasteiger charge is -2.07. The number of benzene rings is 1. The van der Waals surface area contributed by atoms with Crippen molar-refractivity contribution < 1.29 is 9.66 Å². The third kappa shape index (κ3) is 4.82. The Morgan fingerprint density at radius 2 is 2.13 bits per heavy atom. The van der Waals surface area contributed by atoms with Crippen molar-refractivity contribution in [1.82, 2.24) is 14.8 Å². The molecule has 0 fully saturated rings. The number of rotatable bonds is 9. The quantitative estimate of drug-likeness (QED) is 0.230. The van der Waals surface area contributed by atoms with Crippen molar-refractivity contribution in [3.05, 3.63) is 52.9 Å². The van der Waals surface area contributed by atoms with E-state index in [1.807, 2.05) is 17.6 Å². The highest BCUT2D eigenvalue weighted by atomic mass is 32.2. The molecule has 7 nitrogen and oxygen atoms in total. The molecule has 0 N–H and O–H groups in total. The lowest BCUT2D eigenvalue weighted by Crippen LogP contribution is -2.02. The molecule has 0 unspecified atom stereocenters. The van der Waals surface area contributed by atoms with Crippen molar-refractivity contribution in [1.29, 1.82) is 0 Å². The van der Waals surface area contributed by atoms with Crippen molar-refractivity contribution in [3.63, 3.8) is 0 Å². The van der Waals surface area contributed by atoms with Gasteiger partial charge in [-0.15, -0.1) is 16.8 Å². The van der Waals surface area contributed by atoms with E-state index < -0.39 is 4.92 Å². The van der Waals surface area contributed by atoms with E-state index in [1.165, 1.54) is 12.1 Å². The molecule has 0 bridgehead atoms. The van der Waals surface area contributed by atoms with Crippen LogP contribution in [-0.2, 0) is 6.54 Å². The molecular weight excluding hydrogens is 316 g/mol. The highest BCUT2D eigenvalue weighted by Gasteiger charge is 2.08. The van der Waals surface area contributed by atoms with Crippen LogP contribution >= 0.6 is 11.8 Å². The summed E-state index contributed by atoms with van der Waals surface area (Å²) in [7, 11) is 0. The van der Waals surface area contributed by atoms with Crippen LogP contribution in [0.1, 0.15) is 12.2 Å². The average molecular weight is 334 g/mol.